The summed E-state index contributed by atoms with van der Waals surface area (Å²) >= 11 is 0. The Balaban J connectivity index is 2.09. The van der Waals surface area contributed by atoms with Gasteiger partial charge in [0.2, 0.25) is 0 Å². The van der Waals surface area contributed by atoms with Crippen LogP contribution in [0.3, 0.4) is 0 Å². The summed E-state index contributed by atoms with van der Waals surface area (Å²) in [6, 6.07) is 2.63. The van der Waals surface area contributed by atoms with Crippen LogP contribution in [0.25, 0.3) is 11.0 Å². The molecule has 2 heterocycles. The number of H-pyrrole nitrogens is 1. The number of hydrogen-bond donors (Lipinski definition) is 2. The van der Waals surface area contributed by atoms with Gasteiger partial charge in [0.1, 0.15) is 17.8 Å². The standard InChI is InChI=1S/C9H10N4/c1-2-6(1)13-9-7-3-4-10-8(7)11-5-12-9/h3-6H,1-2H2,(H2,10,11,12,13). The number of rotatable bonds is 2. The van der Waals surface area contributed by atoms with E-state index < -0.39 is 0 Å². The average molecular weight is 174 g/mol. The van der Waals surface area contributed by atoms with Crippen molar-refractivity contribution in [2.24, 2.45) is 0 Å². The lowest BCUT2D eigenvalue weighted by Gasteiger charge is -2.02. The molecule has 0 spiro atoms. The second-order valence-electron chi connectivity index (χ2n) is 3.38. The fourth-order valence-electron chi connectivity index (χ4n) is 1.41. The Labute approximate surface area is 75.4 Å². The Kier molecular flexibility index (Phi) is 1.30. The van der Waals surface area contributed by atoms with Crippen molar-refractivity contribution < 1.29 is 0 Å². The minimum atomic E-state index is 0.632. The zero-order chi connectivity index (χ0) is 8.67. The molecule has 2 aromatic heterocycles. The zero-order valence-corrected chi connectivity index (χ0v) is 7.12. The molecule has 0 aromatic carbocycles. The van der Waals surface area contributed by atoms with Crippen LogP contribution >= 0.6 is 0 Å². The van der Waals surface area contributed by atoms with E-state index in [1.54, 1.807) is 6.33 Å². The van der Waals surface area contributed by atoms with Crippen molar-refractivity contribution >= 4 is 16.9 Å². The fourth-order valence-corrected chi connectivity index (χ4v) is 1.41. The second-order valence-corrected chi connectivity index (χ2v) is 3.38. The summed E-state index contributed by atoms with van der Waals surface area (Å²) in [5, 5.41) is 4.45. The minimum Gasteiger partial charge on any atom is -0.367 e. The molecule has 13 heavy (non-hydrogen) atoms. The minimum absolute atomic E-state index is 0.632. The van der Waals surface area contributed by atoms with E-state index in [0.29, 0.717) is 6.04 Å². The van der Waals surface area contributed by atoms with Crippen LogP contribution in [0.2, 0.25) is 0 Å². The molecule has 3 rings (SSSR count). The summed E-state index contributed by atoms with van der Waals surface area (Å²) in [5.41, 5.74) is 0.901. The number of aromatic nitrogens is 3. The van der Waals surface area contributed by atoms with Crippen LogP contribution in [0.5, 0.6) is 0 Å². The Hall–Kier alpha value is -1.58. The molecular weight excluding hydrogens is 164 g/mol. The lowest BCUT2D eigenvalue weighted by molar-refractivity contribution is 1.10. The highest BCUT2D eigenvalue weighted by molar-refractivity contribution is 5.86. The molecule has 2 N–H and O–H groups in total. The molecule has 0 saturated heterocycles. The molecule has 66 valence electrons. The van der Waals surface area contributed by atoms with Gasteiger partial charge in [-0.3, -0.25) is 0 Å². The van der Waals surface area contributed by atoms with Gasteiger partial charge < -0.3 is 10.3 Å². The number of nitrogens with one attached hydrogen (secondary N) is 2. The molecule has 0 aliphatic heterocycles. The molecule has 0 unspecified atom stereocenters. The Morgan fingerprint density at radius 3 is 3.15 bits per heavy atom. The Morgan fingerprint density at radius 2 is 2.31 bits per heavy atom. The third-order valence-corrected chi connectivity index (χ3v) is 2.27. The molecule has 1 saturated carbocycles. The molecule has 0 amide bonds. The first-order chi connectivity index (χ1) is 6.43. The molecule has 4 heteroatoms. The summed E-state index contributed by atoms with van der Waals surface area (Å²) in [5.74, 6) is 0.953. The van der Waals surface area contributed by atoms with Crippen molar-refractivity contribution in [3.05, 3.63) is 18.6 Å². The van der Waals surface area contributed by atoms with Gasteiger partial charge in [0.05, 0.1) is 5.39 Å². The first-order valence-electron chi connectivity index (χ1n) is 4.48. The number of anilines is 1. The molecule has 0 bridgehead atoms. The molecule has 1 aliphatic carbocycles. The third kappa shape index (κ3) is 1.14. The number of hydrogen-bond acceptors (Lipinski definition) is 3. The summed E-state index contributed by atoms with van der Waals surface area (Å²) in [4.78, 5) is 11.4. The van der Waals surface area contributed by atoms with E-state index >= 15 is 0 Å². The number of aromatic amines is 1. The molecule has 0 atom stereocenters. The highest BCUT2D eigenvalue weighted by Crippen LogP contribution is 2.26. The second kappa shape index (κ2) is 2.45. The Morgan fingerprint density at radius 1 is 1.38 bits per heavy atom. The van der Waals surface area contributed by atoms with Gasteiger partial charge in [-0.25, -0.2) is 9.97 Å². The quantitative estimate of drug-likeness (QED) is 0.726. The maximum atomic E-state index is 4.22. The molecule has 1 aliphatic rings. The highest BCUT2D eigenvalue weighted by Gasteiger charge is 2.22. The molecule has 1 fully saturated rings. The lowest BCUT2D eigenvalue weighted by Crippen LogP contribution is -2.03. The SMILES string of the molecule is c1nc(NC2CC2)c2cc[nH]c2n1. The smallest absolute Gasteiger partial charge is 0.142 e. The summed E-state index contributed by atoms with van der Waals surface area (Å²) in [6.07, 6.45) is 5.99. The van der Waals surface area contributed by atoms with Gasteiger partial charge in [-0.15, -0.1) is 0 Å². The number of fused-ring (bicyclic) bond motifs is 1. The van der Waals surface area contributed by atoms with Crippen molar-refractivity contribution in [3.8, 4) is 0 Å². The van der Waals surface area contributed by atoms with Crippen LogP contribution in [0.15, 0.2) is 18.6 Å². The van der Waals surface area contributed by atoms with Crippen LogP contribution in [0, 0.1) is 0 Å². The predicted molar refractivity (Wildman–Crippen MR) is 50.5 cm³/mol. The van der Waals surface area contributed by atoms with Crippen LogP contribution in [0.1, 0.15) is 12.8 Å². The zero-order valence-electron chi connectivity index (χ0n) is 7.12. The van der Waals surface area contributed by atoms with Crippen molar-refractivity contribution in [1.29, 1.82) is 0 Å². The van der Waals surface area contributed by atoms with E-state index in [-0.39, 0.29) is 0 Å². The van der Waals surface area contributed by atoms with Gasteiger partial charge in [-0.05, 0) is 18.9 Å². The van der Waals surface area contributed by atoms with Crippen molar-refractivity contribution in [2.75, 3.05) is 5.32 Å². The van der Waals surface area contributed by atoms with Crippen LogP contribution < -0.4 is 5.32 Å². The van der Waals surface area contributed by atoms with Gasteiger partial charge >= 0.3 is 0 Å². The van der Waals surface area contributed by atoms with E-state index in [2.05, 4.69) is 20.3 Å². The van der Waals surface area contributed by atoms with Crippen LogP contribution in [-0.4, -0.2) is 21.0 Å². The Bertz CT molecular complexity index is 430. The van der Waals surface area contributed by atoms with Gasteiger partial charge in [0.25, 0.3) is 0 Å². The summed E-state index contributed by atoms with van der Waals surface area (Å²) < 4.78 is 0. The third-order valence-electron chi connectivity index (χ3n) is 2.27. The van der Waals surface area contributed by atoms with E-state index in [1.807, 2.05) is 12.3 Å². The highest BCUT2D eigenvalue weighted by atomic mass is 15.1. The predicted octanol–water partition coefficient (Wildman–Crippen LogP) is 1.53. The van der Waals surface area contributed by atoms with Gasteiger partial charge in [-0.2, -0.15) is 0 Å². The van der Waals surface area contributed by atoms with E-state index in [4.69, 9.17) is 0 Å². The van der Waals surface area contributed by atoms with Crippen molar-refractivity contribution in [2.45, 2.75) is 18.9 Å². The number of nitrogens with zero attached hydrogens (tertiary/aromatic N) is 2. The van der Waals surface area contributed by atoms with E-state index in [0.717, 1.165) is 16.9 Å². The summed E-state index contributed by atoms with van der Waals surface area (Å²) in [6.45, 7) is 0. The van der Waals surface area contributed by atoms with Gasteiger partial charge in [0, 0.05) is 12.2 Å². The van der Waals surface area contributed by atoms with Gasteiger partial charge in [-0.1, -0.05) is 0 Å². The normalized spacial score (nSPS) is 16.3. The fraction of sp³-hybridized carbons (Fsp3) is 0.333. The summed E-state index contributed by atoms with van der Waals surface area (Å²) in [7, 11) is 0. The molecule has 2 aromatic rings. The van der Waals surface area contributed by atoms with Gasteiger partial charge in [0.15, 0.2) is 0 Å². The average Bonchev–Trinajstić information content (AvgIpc) is 2.83. The molecule has 4 nitrogen and oxygen atoms in total. The first-order valence-corrected chi connectivity index (χ1v) is 4.48. The largest absolute Gasteiger partial charge is 0.367 e. The van der Waals surface area contributed by atoms with E-state index in [9.17, 15) is 0 Å². The maximum Gasteiger partial charge on any atom is 0.142 e. The molecule has 0 radical (unpaired) electrons. The van der Waals surface area contributed by atoms with Crippen molar-refractivity contribution in [1.82, 2.24) is 15.0 Å². The topological polar surface area (TPSA) is 53.6 Å². The van der Waals surface area contributed by atoms with Crippen LogP contribution in [-0.2, 0) is 0 Å². The van der Waals surface area contributed by atoms with Crippen molar-refractivity contribution in [3.63, 3.8) is 0 Å². The first kappa shape index (κ1) is 6.88. The monoisotopic (exact) mass is 174 g/mol. The maximum absolute atomic E-state index is 4.22. The van der Waals surface area contributed by atoms with Crippen LogP contribution in [0.4, 0.5) is 5.82 Å². The molecular formula is C9H10N4. The van der Waals surface area contributed by atoms with E-state index in [1.165, 1.54) is 12.8 Å². The lowest BCUT2D eigenvalue weighted by atomic mass is 10.4.